The maximum atomic E-state index is 14.4. The number of likely N-dealkylation sites (tertiary alicyclic amines) is 1. The van der Waals surface area contributed by atoms with E-state index in [0.29, 0.717) is 68.9 Å². The molecule has 3 saturated carbocycles. The molecule has 0 spiro atoms. The SMILES string of the molecule is COc1ccc(C2CCC(CN(C(=O)C3CCC(OC(=O)N4CC(OC(C)C)C4)CC3)c3cc(-c4coc(C5CC5)n4)ccn3)CC2)nc1C. The molecule has 11 nitrogen and oxygen atoms in total. The number of carbonyl (C=O) groups is 2. The largest absolute Gasteiger partial charge is 0.495 e. The summed E-state index contributed by atoms with van der Waals surface area (Å²) in [6, 6.07) is 8.03. The van der Waals surface area contributed by atoms with Gasteiger partial charge < -0.3 is 23.5 Å². The Kier molecular flexibility index (Phi) is 10.4. The number of anilines is 1. The van der Waals surface area contributed by atoms with Crippen LogP contribution in [-0.4, -0.2) is 76.9 Å². The van der Waals surface area contributed by atoms with E-state index in [4.69, 9.17) is 33.6 Å². The molecule has 3 aromatic heterocycles. The van der Waals surface area contributed by atoms with Crippen LogP contribution >= 0.6 is 0 Å². The molecule has 2 amide bonds. The van der Waals surface area contributed by atoms with Crippen LogP contribution in [0.3, 0.4) is 0 Å². The van der Waals surface area contributed by atoms with Gasteiger partial charge in [-0.3, -0.25) is 14.7 Å². The van der Waals surface area contributed by atoms with Crippen molar-refractivity contribution >= 4 is 17.8 Å². The fourth-order valence-corrected chi connectivity index (χ4v) is 7.79. The predicted molar refractivity (Wildman–Crippen MR) is 188 cm³/mol. The molecule has 0 aromatic carbocycles. The highest BCUT2D eigenvalue weighted by molar-refractivity contribution is 5.94. The molecular weight excluding hydrogens is 634 g/mol. The molecule has 4 heterocycles. The van der Waals surface area contributed by atoms with Crippen molar-refractivity contribution in [3.63, 3.8) is 0 Å². The van der Waals surface area contributed by atoms with Crippen molar-refractivity contribution < 1.29 is 28.2 Å². The topological polar surface area (TPSA) is 120 Å². The van der Waals surface area contributed by atoms with Gasteiger partial charge in [-0.25, -0.2) is 14.8 Å². The fourth-order valence-electron chi connectivity index (χ4n) is 7.79. The van der Waals surface area contributed by atoms with E-state index in [1.165, 1.54) is 0 Å². The third-order valence-electron chi connectivity index (χ3n) is 10.9. The Morgan fingerprint density at radius 3 is 2.36 bits per heavy atom. The Balaban J connectivity index is 1.01. The summed E-state index contributed by atoms with van der Waals surface area (Å²) in [5.74, 6) is 3.38. The lowest BCUT2D eigenvalue weighted by Gasteiger charge is -2.40. The zero-order valence-electron chi connectivity index (χ0n) is 29.9. The van der Waals surface area contributed by atoms with Crippen molar-refractivity contribution in [2.24, 2.45) is 11.8 Å². The minimum atomic E-state index is -0.278. The van der Waals surface area contributed by atoms with Crippen LogP contribution in [0, 0.1) is 18.8 Å². The van der Waals surface area contributed by atoms with Crippen LogP contribution in [0.25, 0.3) is 11.3 Å². The number of amides is 2. The smallest absolute Gasteiger partial charge is 0.410 e. The zero-order chi connectivity index (χ0) is 34.8. The molecule has 3 aliphatic carbocycles. The summed E-state index contributed by atoms with van der Waals surface area (Å²) < 4.78 is 22.9. The molecule has 0 atom stereocenters. The summed E-state index contributed by atoms with van der Waals surface area (Å²) in [7, 11) is 1.68. The average Bonchev–Trinajstić information content (AvgIpc) is 3.84. The molecule has 0 radical (unpaired) electrons. The number of hydrogen-bond acceptors (Lipinski definition) is 9. The Labute approximate surface area is 295 Å². The first-order valence-corrected chi connectivity index (χ1v) is 18.6. The molecule has 4 fully saturated rings. The molecule has 1 aliphatic heterocycles. The van der Waals surface area contributed by atoms with Gasteiger partial charge in [0.15, 0.2) is 5.89 Å². The van der Waals surface area contributed by atoms with E-state index >= 15 is 0 Å². The van der Waals surface area contributed by atoms with Gasteiger partial charge in [0.1, 0.15) is 29.6 Å². The molecule has 1 saturated heterocycles. The highest BCUT2D eigenvalue weighted by atomic mass is 16.6. The van der Waals surface area contributed by atoms with E-state index < -0.39 is 0 Å². The molecule has 0 N–H and O–H groups in total. The van der Waals surface area contributed by atoms with Crippen LogP contribution in [0.4, 0.5) is 10.6 Å². The minimum Gasteiger partial charge on any atom is -0.495 e. The van der Waals surface area contributed by atoms with E-state index in [2.05, 4.69) is 6.07 Å². The summed E-state index contributed by atoms with van der Waals surface area (Å²) in [5.41, 5.74) is 3.71. The minimum absolute atomic E-state index is 0.0805. The van der Waals surface area contributed by atoms with Crippen LogP contribution in [0.2, 0.25) is 0 Å². The number of ether oxygens (including phenoxy) is 3. The van der Waals surface area contributed by atoms with Crippen molar-refractivity contribution in [1.29, 1.82) is 0 Å². The van der Waals surface area contributed by atoms with Gasteiger partial charge in [0.2, 0.25) is 5.91 Å². The van der Waals surface area contributed by atoms with Crippen molar-refractivity contribution in [3.8, 4) is 17.0 Å². The van der Waals surface area contributed by atoms with Crippen LogP contribution in [-0.2, 0) is 14.3 Å². The highest BCUT2D eigenvalue weighted by Crippen LogP contribution is 2.41. The summed E-state index contributed by atoms with van der Waals surface area (Å²) in [4.78, 5) is 45.1. The van der Waals surface area contributed by atoms with Gasteiger partial charge in [-0.05, 0) is 115 Å². The van der Waals surface area contributed by atoms with Crippen LogP contribution in [0.15, 0.2) is 41.1 Å². The number of aryl methyl sites for hydroxylation is 1. The lowest BCUT2D eigenvalue weighted by atomic mass is 9.79. The molecule has 11 heteroatoms. The maximum Gasteiger partial charge on any atom is 0.410 e. The van der Waals surface area contributed by atoms with Gasteiger partial charge in [-0.2, -0.15) is 0 Å². The van der Waals surface area contributed by atoms with Gasteiger partial charge in [0, 0.05) is 41.8 Å². The lowest BCUT2D eigenvalue weighted by Crippen LogP contribution is -2.56. The standard InChI is InChI=1S/C39H51N5O6/c1-24(2)49-32-21-43(22-32)39(46)50-31-13-11-29(12-14-31)38(45)44(36-19-30(17-18-40-36)34-23-48-37(42-34)28-9-10-28)20-26-5-7-27(8-6-26)33-15-16-35(47-4)25(3)41-33/h15-19,23-24,26-29,31-32H,5-14,20-22H2,1-4H3. The number of pyridine rings is 2. The Bertz CT molecular complexity index is 1630. The van der Waals surface area contributed by atoms with E-state index in [1.54, 1.807) is 24.5 Å². The molecule has 4 aliphatic rings. The van der Waals surface area contributed by atoms with Crippen LogP contribution in [0.5, 0.6) is 5.75 Å². The molecule has 7 rings (SSSR count). The summed E-state index contributed by atoms with van der Waals surface area (Å²) in [6.07, 6.45) is 12.3. The monoisotopic (exact) mass is 685 g/mol. The first kappa shape index (κ1) is 34.5. The quantitative estimate of drug-likeness (QED) is 0.203. The predicted octanol–water partition coefficient (Wildman–Crippen LogP) is 7.44. The normalized spacial score (nSPS) is 24.1. The molecule has 0 unspecified atom stereocenters. The Hall–Kier alpha value is -3.99. The lowest BCUT2D eigenvalue weighted by molar-refractivity contribution is -0.124. The highest BCUT2D eigenvalue weighted by Gasteiger charge is 2.37. The van der Waals surface area contributed by atoms with E-state index in [9.17, 15) is 9.59 Å². The van der Waals surface area contributed by atoms with Crippen molar-refractivity contribution in [3.05, 3.63) is 54.0 Å². The van der Waals surface area contributed by atoms with Crippen LogP contribution < -0.4 is 9.64 Å². The molecular formula is C39H51N5O6. The van der Waals surface area contributed by atoms with E-state index in [0.717, 1.165) is 72.8 Å². The number of hydrogen-bond donors (Lipinski definition) is 0. The number of carbonyl (C=O) groups excluding carboxylic acids is 2. The number of aromatic nitrogens is 3. The van der Waals surface area contributed by atoms with Crippen molar-refractivity contribution in [1.82, 2.24) is 19.9 Å². The second kappa shape index (κ2) is 15.1. The molecule has 50 heavy (non-hydrogen) atoms. The number of nitrogens with zero attached hydrogens (tertiary/aromatic N) is 5. The zero-order valence-corrected chi connectivity index (χ0v) is 29.9. The average molecular weight is 686 g/mol. The van der Waals surface area contributed by atoms with Crippen LogP contribution in [0.1, 0.15) is 107 Å². The number of oxazole rings is 1. The molecule has 268 valence electrons. The first-order valence-electron chi connectivity index (χ1n) is 18.6. The van der Waals surface area contributed by atoms with Gasteiger partial charge in [-0.15, -0.1) is 0 Å². The van der Waals surface area contributed by atoms with E-state index in [1.807, 2.05) is 43.9 Å². The third kappa shape index (κ3) is 7.98. The van der Waals surface area contributed by atoms with Gasteiger partial charge in [0.25, 0.3) is 0 Å². The number of methoxy groups -OCH3 is 1. The second-order valence-corrected chi connectivity index (χ2v) is 15.0. The summed E-state index contributed by atoms with van der Waals surface area (Å²) in [6.45, 7) is 7.76. The van der Waals surface area contributed by atoms with Gasteiger partial charge in [0.05, 0.1) is 38.1 Å². The summed E-state index contributed by atoms with van der Waals surface area (Å²) >= 11 is 0. The first-order chi connectivity index (χ1) is 24.2. The Morgan fingerprint density at radius 1 is 0.940 bits per heavy atom. The van der Waals surface area contributed by atoms with Crippen molar-refractivity contribution in [2.75, 3.05) is 31.6 Å². The van der Waals surface area contributed by atoms with Crippen molar-refractivity contribution in [2.45, 2.75) is 115 Å². The number of rotatable bonds is 11. The fraction of sp³-hybridized carbons (Fsp3) is 0.615. The third-order valence-corrected chi connectivity index (χ3v) is 10.9. The Morgan fingerprint density at radius 2 is 1.68 bits per heavy atom. The van der Waals surface area contributed by atoms with E-state index in [-0.39, 0.29) is 36.2 Å². The van der Waals surface area contributed by atoms with Gasteiger partial charge in [-0.1, -0.05) is 0 Å². The second-order valence-electron chi connectivity index (χ2n) is 15.0. The summed E-state index contributed by atoms with van der Waals surface area (Å²) in [5, 5.41) is 0. The van der Waals surface area contributed by atoms with Gasteiger partial charge >= 0.3 is 6.09 Å². The maximum absolute atomic E-state index is 14.4. The molecule has 0 bridgehead atoms. The molecule has 3 aromatic rings.